The van der Waals surface area contributed by atoms with Gasteiger partial charge in [-0.15, -0.1) is 11.3 Å². The molecule has 2 aromatic rings. The minimum atomic E-state index is 0.302. The van der Waals surface area contributed by atoms with Crippen molar-refractivity contribution in [3.8, 4) is 0 Å². The number of hydrogen-bond donors (Lipinski definition) is 1. The van der Waals surface area contributed by atoms with Crippen molar-refractivity contribution in [1.29, 1.82) is 0 Å². The third kappa shape index (κ3) is 3.51. The average molecular weight is 301 g/mol. The monoisotopic (exact) mass is 301 g/mol. The smallest absolute Gasteiger partial charge is 0.0870 e. The predicted octanol–water partition coefficient (Wildman–Crippen LogP) is 3.09. The van der Waals surface area contributed by atoms with Crippen LogP contribution in [0, 0.1) is 0 Å². The number of thiophene rings is 1. The minimum absolute atomic E-state index is 0.302. The van der Waals surface area contributed by atoms with Crippen LogP contribution in [0.5, 0.6) is 0 Å². The Balaban J connectivity index is 1.93. The van der Waals surface area contributed by atoms with Gasteiger partial charge in [0.2, 0.25) is 0 Å². The molecule has 1 aliphatic heterocycles. The summed E-state index contributed by atoms with van der Waals surface area (Å²) in [5.74, 6) is 0. The molecule has 1 unspecified atom stereocenters. The Morgan fingerprint density at radius 1 is 1.24 bits per heavy atom. The molecule has 21 heavy (non-hydrogen) atoms. The van der Waals surface area contributed by atoms with E-state index in [1.54, 1.807) is 0 Å². The van der Waals surface area contributed by atoms with Crippen molar-refractivity contribution in [3.63, 3.8) is 0 Å². The fraction of sp³-hybridized carbons (Fsp3) is 0.471. The normalized spacial score (nSPS) is 18.3. The number of aromatic nitrogens is 1. The van der Waals surface area contributed by atoms with Crippen LogP contribution in [-0.4, -0.2) is 36.1 Å². The van der Waals surface area contributed by atoms with Gasteiger partial charge in [0, 0.05) is 35.6 Å². The molecule has 1 saturated heterocycles. The lowest BCUT2D eigenvalue weighted by Crippen LogP contribution is -2.33. The molecule has 0 spiro atoms. The van der Waals surface area contributed by atoms with Gasteiger partial charge in [-0.05, 0) is 43.7 Å². The second-order valence-electron chi connectivity index (χ2n) is 5.45. The number of pyridine rings is 1. The van der Waals surface area contributed by atoms with Gasteiger partial charge in [-0.3, -0.25) is 9.88 Å². The van der Waals surface area contributed by atoms with Crippen molar-refractivity contribution < 1.29 is 0 Å². The maximum atomic E-state index is 4.64. The largest absolute Gasteiger partial charge is 0.315 e. The van der Waals surface area contributed by atoms with E-state index in [1.165, 1.54) is 21.9 Å². The molecule has 1 aliphatic rings. The van der Waals surface area contributed by atoms with Crippen LogP contribution >= 0.6 is 11.3 Å². The summed E-state index contributed by atoms with van der Waals surface area (Å²) in [5, 5.41) is 3.49. The third-order valence-corrected chi connectivity index (χ3v) is 5.29. The minimum Gasteiger partial charge on any atom is -0.315 e. The lowest BCUT2D eigenvalue weighted by Gasteiger charge is -2.29. The second-order valence-corrected chi connectivity index (χ2v) is 6.65. The highest BCUT2D eigenvalue weighted by Crippen LogP contribution is 2.33. The van der Waals surface area contributed by atoms with Crippen LogP contribution in [0.3, 0.4) is 0 Å². The van der Waals surface area contributed by atoms with Gasteiger partial charge in [0.05, 0.1) is 11.7 Å². The quantitative estimate of drug-likeness (QED) is 0.940. The molecule has 3 heterocycles. The highest BCUT2D eigenvalue weighted by Gasteiger charge is 2.25. The van der Waals surface area contributed by atoms with Crippen LogP contribution in [0.15, 0.2) is 36.5 Å². The van der Waals surface area contributed by atoms with Gasteiger partial charge >= 0.3 is 0 Å². The molecule has 1 atom stereocenters. The van der Waals surface area contributed by atoms with Crippen LogP contribution in [0.4, 0.5) is 0 Å². The lowest BCUT2D eigenvalue weighted by molar-refractivity contribution is 0.240. The van der Waals surface area contributed by atoms with E-state index >= 15 is 0 Å². The Morgan fingerprint density at radius 2 is 2.19 bits per heavy atom. The number of rotatable bonds is 4. The topological polar surface area (TPSA) is 28.2 Å². The molecule has 112 valence electrons. The van der Waals surface area contributed by atoms with Crippen LogP contribution in [0.1, 0.15) is 34.8 Å². The van der Waals surface area contributed by atoms with Gasteiger partial charge in [0.1, 0.15) is 0 Å². The molecule has 4 heteroatoms. The summed E-state index contributed by atoms with van der Waals surface area (Å²) >= 11 is 1.93. The molecule has 0 aliphatic carbocycles. The second kappa shape index (κ2) is 7.16. The van der Waals surface area contributed by atoms with E-state index in [1.807, 2.05) is 23.6 Å². The molecule has 1 fully saturated rings. The van der Waals surface area contributed by atoms with Crippen molar-refractivity contribution in [2.75, 3.05) is 26.2 Å². The van der Waals surface area contributed by atoms with Crippen molar-refractivity contribution >= 4 is 11.3 Å². The summed E-state index contributed by atoms with van der Waals surface area (Å²) in [7, 11) is 0. The number of aryl methyl sites for hydroxylation is 1. The molecule has 2 aromatic heterocycles. The highest BCUT2D eigenvalue weighted by molar-refractivity contribution is 7.12. The Morgan fingerprint density at radius 3 is 2.95 bits per heavy atom. The predicted molar refractivity (Wildman–Crippen MR) is 88.8 cm³/mol. The fourth-order valence-electron chi connectivity index (χ4n) is 2.91. The van der Waals surface area contributed by atoms with Gasteiger partial charge in [-0.1, -0.05) is 13.0 Å². The average Bonchev–Trinajstić information content (AvgIpc) is 2.84. The fourth-order valence-corrected chi connectivity index (χ4v) is 4.01. The number of nitrogens with one attached hydrogen (secondary N) is 1. The molecular formula is C17H23N3S. The first-order chi connectivity index (χ1) is 10.4. The molecule has 0 aromatic carbocycles. The molecule has 3 nitrogen and oxygen atoms in total. The van der Waals surface area contributed by atoms with Gasteiger partial charge in [0.15, 0.2) is 0 Å². The summed E-state index contributed by atoms with van der Waals surface area (Å²) < 4.78 is 0. The van der Waals surface area contributed by atoms with Crippen molar-refractivity contribution in [3.05, 3.63) is 52.0 Å². The number of hydrogen-bond acceptors (Lipinski definition) is 4. The summed E-state index contributed by atoms with van der Waals surface area (Å²) in [6.45, 7) is 6.63. The lowest BCUT2D eigenvalue weighted by atomic mass is 10.1. The SMILES string of the molecule is CCc1ccc(C(c2ccccn2)N2CCCNCC2)s1. The standard InChI is InChI=1S/C17H23N3S/c1-2-14-7-8-16(21-14)17(15-6-3-4-10-19-15)20-12-5-9-18-11-13-20/h3-4,6-8,10,17-18H,2,5,9,11-13H2,1H3. The summed E-state index contributed by atoms with van der Waals surface area (Å²) in [4.78, 5) is 10.1. The molecule has 1 N–H and O–H groups in total. The van der Waals surface area contributed by atoms with Gasteiger partial charge < -0.3 is 5.32 Å². The van der Waals surface area contributed by atoms with E-state index in [4.69, 9.17) is 0 Å². The van der Waals surface area contributed by atoms with Crippen molar-refractivity contribution in [2.45, 2.75) is 25.8 Å². The Kier molecular flexibility index (Phi) is 5.01. The Labute approximate surface area is 131 Å². The number of nitrogens with zero attached hydrogens (tertiary/aromatic N) is 2. The Hall–Kier alpha value is -1.23. The Bertz CT molecular complexity index is 544. The van der Waals surface area contributed by atoms with Crippen LogP contribution < -0.4 is 5.32 Å². The van der Waals surface area contributed by atoms with E-state index < -0.39 is 0 Å². The van der Waals surface area contributed by atoms with Gasteiger partial charge in [-0.25, -0.2) is 0 Å². The van der Waals surface area contributed by atoms with Crippen LogP contribution in [0.25, 0.3) is 0 Å². The maximum Gasteiger partial charge on any atom is 0.0870 e. The highest BCUT2D eigenvalue weighted by atomic mass is 32.1. The van der Waals surface area contributed by atoms with Crippen LogP contribution in [0.2, 0.25) is 0 Å². The van der Waals surface area contributed by atoms with E-state index in [-0.39, 0.29) is 0 Å². The molecule has 3 rings (SSSR count). The molecule has 0 radical (unpaired) electrons. The summed E-state index contributed by atoms with van der Waals surface area (Å²) in [5.41, 5.74) is 1.17. The first kappa shape index (κ1) is 14.7. The first-order valence-corrected chi connectivity index (χ1v) is 8.64. The molecule has 0 saturated carbocycles. The van der Waals surface area contributed by atoms with Crippen LogP contribution in [-0.2, 0) is 6.42 Å². The van der Waals surface area contributed by atoms with Gasteiger partial charge in [0.25, 0.3) is 0 Å². The summed E-state index contributed by atoms with van der Waals surface area (Å²) in [6, 6.07) is 11.1. The molecule has 0 amide bonds. The van der Waals surface area contributed by atoms with Crippen molar-refractivity contribution in [2.24, 2.45) is 0 Å². The van der Waals surface area contributed by atoms with Crippen molar-refractivity contribution in [1.82, 2.24) is 15.2 Å². The van der Waals surface area contributed by atoms with E-state index in [2.05, 4.69) is 46.4 Å². The van der Waals surface area contributed by atoms with Gasteiger partial charge in [-0.2, -0.15) is 0 Å². The summed E-state index contributed by atoms with van der Waals surface area (Å²) in [6.07, 6.45) is 4.23. The third-order valence-electron chi connectivity index (χ3n) is 4.01. The molecular weight excluding hydrogens is 278 g/mol. The van der Waals surface area contributed by atoms with E-state index in [0.29, 0.717) is 6.04 Å². The maximum absolute atomic E-state index is 4.64. The zero-order valence-corrected chi connectivity index (χ0v) is 13.4. The van der Waals surface area contributed by atoms with E-state index in [9.17, 15) is 0 Å². The zero-order valence-electron chi connectivity index (χ0n) is 12.6. The zero-order chi connectivity index (χ0) is 14.5. The first-order valence-electron chi connectivity index (χ1n) is 7.83. The molecule has 0 bridgehead atoms. The van der Waals surface area contributed by atoms with E-state index in [0.717, 1.165) is 32.6 Å².